The van der Waals surface area contributed by atoms with E-state index in [0.29, 0.717) is 20.8 Å². The number of esters is 1. The molecule has 26 heavy (non-hydrogen) atoms. The van der Waals surface area contributed by atoms with Crippen molar-refractivity contribution >= 4 is 51.2 Å². The molecule has 1 fully saturated rings. The van der Waals surface area contributed by atoms with Gasteiger partial charge in [0.2, 0.25) is 0 Å². The third-order valence-corrected chi connectivity index (χ3v) is 6.28. The number of carbonyl (C=O) groups is 2. The Kier molecular flexibility index (Phi) is 6.27. The topological polar surface area (TPSA) is 46.6 Å². The lowest BCUT2D eigenvalue weighted by Gasteiger charge is -2.29. The standard InChI is InChI=1S/C19H17BrClNO3S/c1-2-25-19(24)16-11-26-18(12-6-5-7-13(21)10-12)22(16)17(23)14-8-3-4-9-15(14)20/h3-10,16,18H,2,11H2,1H3. The molecule has 2 aromatic rings. The highest BCUT2D eigenvalue weighted by atomic mass is 79.9. The van der Waals surface area contributed by atoms with E-state index in [4.69, 9.17) is 16.3 Å². The van der Waals surface area contributed by atoms with Crippen LogP contribution in [0.5, 0.6) is 0 Å². The Balaban J connectivity index is 2.01. The highest BCUT2D eigenvalue weighted by molar-refractivity contribution is 9.10. The van der Waals surface area contributed by atoms with Crippen LogP contribution in [0, 0.1) is 0 Å². The van der Waals surface area contributed by atoms with E-state index in [1.807, 2.05) is 30.3 Å². The summed E-state index contributed by atoms with van der Waals surface area (Å²) in [6.45, 7) is 2.04. The number of halogens is 2. The Labute approximate surface area is 170 Å². The summed E-state index contributed by atoms with van der Waals surface area (Å²) in [4.78, 5) is 27.4. The third kappa shape index (κ3) is 3.92. The van der Waals surface area contributed by atoms with E-state index < -0.39 is 6.04 Å². The van der Waals surface area contributed by atoms with E-state index in [0.717, 1.165) is 5.56 Å². The fourth-order valence-corrected chi connectivity index (χ4v) is 4.92. The van der Waals surface area contributed by atoms with E-state index >= 15 is 0 Å². The minimum atomic E-state index is -0.636. The minimum absolute atomic E-state index is 0.217. The van der Waals surface area contributed by atoms with Crippen LogP contribution in [-0.2, 0) is 9.53 Å². The first kappa shape index (κ1) is 19.3. The molecule has 1 heterocycles. The molecule has 2 aromatic carbocycles. The smallest absolute Gasteiger partial charge is 0.329 e. The van der Waals surface area contributed by atoms with Crippen LogP contribution in [0.1, 0.15) is 28.2 Å². The quantitative estimate of drug-likeness (QED) is 0.615. The largest absolute Gasteiger partial charge is 0.464 e. The lowest BCUT2D eigenvalue weighted by Crippen LogP contribution is -2.44. The second-order valence-corrected chi connectivity index (χ2v) is 8.10. The fraction of sp³-hybridized carbons (Fsp3) is 0.263. The molecule has 0 saturated carbocycles. The van der Waals surface area contributed by atoms with Gasteiger partial charge in [0.15, 0.2) is 0 Å². The van der Waals surface area contributed by atoms with Gasteiger partial charge in [-0.15, -0.1) is 11.8 Å². The van der Waals surface area contributed by atoms with Gasteiger partial charge in [0.05, 0.1) is 12.2 Å². The second kappa shape index (κ2) is 8.46. The van der Waals surface area contributed by atoms with Crippen molar-refractivity contribution < 1.29 is 14.3 Å². The Morgan fingerprint density at radius 1 is 1.27 bits per heavy atom. The molecule has 0 aromatic heterocycles. The highest BCUT2D eigenvalue weighted by Gasteiger charge is 2.43. The second-order valence-electron chi connectivity index (χ2n) is 5.70. The normalized spacial score (nSPS) is 19.4. The van der Waals surface area contributed by atoms with Gasteiger partial charge in [-0.05, 0) is 52.7 Å². The summed E-state index contributed by atoms with van der Waals surface area (Å²) in [6.07, 6.45) is 0. The van der Waals surface area contributed by atoms with E-state index in [1.165, 1.54) is 11.8 Å². The molecule has 136 valence electrons. The molecule has 0 bridgehead atoms. The summed E-state index contributed by atoms with van der Waals surface area (Å²) < 4.78 is 5.89. The van der Waals surface area contributed by atoms with Crippen molar-refractivity contribution in [3.63, 3.8) is 0 Å². The van der Waals surface area contributed by atoms with E-state index in [9.17, 15) is 9.59 Å². The molecule has 7 heteroatoms. The van der Waals surface area contributed by atoms with Crippen LogP contribution in [0.25, 0.3) is 0 Å². The predicted molar refractivity (Wildman–Crippen MR) is 107 cm³/mol. The van der Waals surface area contributed by atoms with Crippen LogP contribution in [0.15, 0.2) is 53.0 Å². The van der Waals surface area contributed by atoms with Gasteiger partial charge in [-0.1, -0.05) is 35.9 Å². The third-order valence-electron chi connectivity index (χ3n) is 4.03. The van der Waals surface area contributed by atoms with Crippen molar-refractivity contribution in [2.24, 2.45) is 0 Å². The number of nitrogens with zero attached hydrogens (tertiary/aromatic N) is 1. The van der Waals surface area contributed by atoms with Gasteiger partial charge >= 0.3 is 5.97 Å². The average Bonchev–Trinajstić information content (AvgIpc) is 3.07. The van der Waals surface area contributed by atoms with Crippen molar-refractivity contribution in [2.75, 3.05) is 12.4 Å². The fourth-order valence-electron chi connectivity index (χ4n) is 2.87. The molecule has 0 spiro atoms. The zero-order valence-corrected chi connectivity index (χ0v) is 17.2. The van der Waals surface area contributed by atoms with Gasteiger partial charge in [0.1, 0.15) is 11.4 Å². The zero-order valence-electron chi connectivity index (χ0n) is 14.0. The van der Waals surface area contributed by atoms with Gasteiger partial charge in [0.25, 0.3) is 5.91 Å². The van der Waals surface area contributed by atoms with Crippen LogP contribution < -0.4 is 0 Å². The van der Waals surface area contributed by atoms with Gasteiger partial charge in [0, 0.05) is 15.2 Å². The Bertz CT molecular complexity index is 832. The van der Waals surface area contributed by atoms with Crippen molar-refractivity contribution in [3.8, 4) is 0 Å². The summed E-state index contributed by atoms with van der Waals surface area (Å²) in [5.74, 6) is -0.123. The van der Waals surface area contributed by atoms with Gasteiger partial charge in [-0.3, -0.25) is 4.79 Å². The van der Waals surface area contributed by atoms with E-state index in [-0.39, 0.29) is 23.9 Å². The molecule has 1 saturated heterocycles. The van der Waals surface area contributed by atoms with Crippen LogP contribution >= 0.6 is 39.3 Å². The van der Waals surface area contributed by atoms with Crippen molar-refractivity contribution in [1.29, 1.82) is 0 Å². The summed E-state index contributed by atoms with van der Waals surface area (Å²) >= 11 is 11.1. The molecule has 4 nitrogen and oxygen atoms in total. The van der Waals surface area contributed by atoms with Gasteiger partial charge in [-0.2, -0.15) is 0 Å². The molecular formula is C19H17BrClNO3S. The van der Waals surface area contributed by atoms with E-state index in [2.05, 4.69) is 15.9 Å². The lowest BCUT2D eigenvalue weighted by atomic mass is 10.1. The molecule has 2 unspecified atom stereocenters. The van der Waals surface area contributed by atoms with Crippen LogP contribution in [0.2, 0.25) is 5.02 Å². The summed E-state index contributed by atoms with van der Waals surface area (Å²) in [5.41, 5.74) is 1.39. The van der Waals surface area contributed by atoms with Crippen LogP contribution in [0.3, 0.4) is 0 Å². The Morgan fingerprint density at radius 3 is 2.73 bits per heavy atom. The monoisotopic (exact) mass is 453 g/mol. The number of ether oxygens (including phenoxy) is 1. The maximum atomic E-state index is 13.3. The van der Waals surface area contributed by atoms with Crippen molar-refractivity contribution in [1.82, 2.24) is 4.90 Å². The van der Waals surface area contributed by atoms with Crippen molar-refractivity contribution in [3.05, 3.63) is 69.2 Å². The molecule has 1 aliphatic rings. The van der Waals surface area contributed by atoms with Crippen LogP contribution in [0.4, 0.5) is 0 Å². The van der Waals surface area contributed by atoms with Crippen molar-refractivity contribution in [2.45, 2.75) is 18.3 Å². The molecule has 0 radical (unpaired) electrons. The number of carbonyl (C=O) groups excluding carboxylic acids is 2. The summed E-state index contributed by atoms with van der Waals surface area (Å²) in [7, 11) is 0. The molecule has 2 atom stereocenters. The maximum Gasteiger partial charge on any atom is 0.329 e. The molecule has 3 rings (SSSR count). The molecular weight excluding hydrogens is 438 g/mol. The number of hydrogen-bond acceptors (Lipinski definition) is 4. The molecule has 1 amide bonds. The molecule has 0 N–H and O–H groups in total. The van der Waals surface area contributed by atoms with Crippen LogP contribution in [-0.4, -0.2) is 35.2 Å². The minimum Gasteiger partial charge on any atom is -0.464 e. The first-order valence-electron chi connectivity index (χ1n) is 8.13. The van der Waals surface area contributed by atoms with E-state index in [1.54, 1.807) is 30.0 Å². The maximum absolute atomic E-state index is 13.3. The average molecular weight is 455 g/mol. The molecule has 0 aliphatic carbocycles. The lowest BCUT2D eigenvalue weighted by molar-refractivity contribution is -0.147. The first-order chi connectivity index (χ1) is 12.5. The van der Waals surface area contributed by atoms with Gasteiger partial charge < -0.3 is 9.64 Å². The number of rotatable bonds is 4. The zero-order chi connectivity index (χ0) is 18.7. The highest BCUT2D eigenvalue weighted by Crippen LogP contribution is 2.43. The van der Waals surface area contributed by atoms with Gasteiger partial charge in [-0.25, -0.2) is 4.79 Å². The number of hydrogen-bond donors (Lipinski definition) is 0. The Morgan fingerprint density at radius 2 is 2.04 bits per heavy atom. The number of thioether (sulfide) groups is 1. The predicted octanol–water partition coefficient (Wildman–Crippen LogP) is 4.92. The number of amides is 1. The Hall–Kier alpha value is -1.50. The molecule has 1 aliphatic heterocycles. The first-order valence-corrected chi connectivity index (χ1v) is 10.4. The summed E-state index contributed by atoms with van der Waals surface area (Å²) in [6, 6.07) is 13.9. The number of benzene rings is 2. The summed E-state index contributed by atoms with van der Waals surface area (Å²) in [5, 5.41) is 0.290. The SMILES string of the molecule is CCOC(=O)C1CSC(c2cccc(Cl)c2)N1C(=O)c1ccccc1Br.